The Morgan fingerprint density at radius 1 is 1.45 bits per heavy atom. The van der Waals surface area contributed by atoms with Crippen molar-refractivity contribution in [1.29, 1.82) is 0 Å². The van der Waals surface area contributed by atoms with E-state index >= 15 is 0 Å². The van der Waals surface area contributed by atoms with E-state index in [1.807, 2.05) is 48.1 Å². The summed E-state index contributed by atoms with van der Waals surface area (Å²) >= 11 is 0. The summed E-state index contributed by atoms with van der Waals surface area (Å²) in [4.78, 5) is 4.24. The predicted octanol–water partition coefficient (Wildman–Crippen LogP) is 1.04. The van der Waals surface area contributed by atoms with E-state index in [4.69, 9.17) is 10.9 Å². The first-order valence-electron chi connectivity index (χ1n) is 6.41. The molecule has 1 aromatic heterocycles. The molecule has 0 radical (unpaired) electrons. The number of rotatable bonds is 6. The summed E-state index contributed by atoms with van der Waals surface area (Å²) < 4.78 is 1.95. The van der Waals surface area contributed by atoms with Crippen LogP contribution in [0.2, 0.25) is 0 Å². The van der Waals surface area contributed by atoms with Crippen molar-refractivity contribution in [1.82, 2.24) is 14.9 Å². The van der Waals surface area contributed by atoms with Crippen LogP contribution >= 0.6 is 0 Å². The van der Waals surface area contributed by atoms with Crippen molar-refractivity contribution in [2.24, 2.45) is 17.9 Å². The van der Waals surface area contributed by atoms with Gasteiger partial charge in [-0.3, -0.25) is 0 Å². The number of nitrogens with one attached hydrogen (secondary N) is 1. The molecule has 4 N–H and O–H groups in total. The third-order valence-electron chi connectivity index (χ3n) is 3.23. The fraction of sp³-hybridized carbons (Fsp3) is 0.286. The lowest BCUT2D eigenvalue weighted by Gasteiger charge is -2.16. The Morgan fingerprint density at radius 2 is 2.20 bits per heavy atom. The molecule has 0 fully saturated rings. The van der Waals surface area contributed by atoms with Crippen LogP contribution in [-0.4, -0.2) is 27.1 Å². The van der Waals surface area contributed by atoms with Gasteiger partial charge in [0.2, 0.25) is 0 Å². The van der Waals surface area contributed by atoms with E-state index in [9.17, 15) is 0 Å². The summed E-state index contributed by atoms with van der Waals surface area (Å²) in [5.74, 6) is 0.973. The smallest absolute Gasteiger partial charge is 0.147 e. The first-order valence-corrected chi connectivity index (χ1v) is 6.41. The largest absolute Gasteiger partial charge is 0.409 e. The highest BCUT2D eigenvalue weighted by Gasteiger charge is 2.16. The normalized spacial score (nSPS) is 13.3. The van der Waals surface area contributed by atoms with Crippen molar-refractivity contribution in [3.05, 3.63) is 54.1 Å². The Kier molecular flexibility index (Phi) is 4.73. The van der Waals surface area contributed by atoms with Crippen LogP contribution in [0.25, 0.3) is 0 Å². The number of aryl methyl sites for hydroxylation is 1. The van der Waals surface area contributed by atoms with E-state index < -0.39 is 0 Å². The van der Waals surface area contributed by atoms with Gasteiger partial charge in [-0.1, -0.05) is 35.5 Å². The van der Waals surface area contributed by atoms with Gasteiger partial charge in [0.15, 0.2) is 0 Å². The summed E-state index contributed by atoms with van der Waals surface area (Å²) in [6.07, 6.45) is 3.66. The van der Waals surface area contributed by atoms with E-state index in [0.717, 1.165) is 11.4 Å². The highest BCUT2D eigenvalue weighted by Crippen LogP contribution is 2.14. The van der Waals surface area contributed by atoms with E-state index in [1.54, 1.807) is 6.20 Å². The van der Waals surface area contributed by atoms with E-state index in [2.05, 4.69) is 15.5 Å². The molecule has 0 aliphatic carbocycles. The summed E-state index contributed by atoms with van der Waals surface area (Å²) in [7, 11) is 1.95. The molecular formula is C14H19N5O. The maximum absolute atomic E-state index is 8.91. The van der Waals surface area contributed by atoms with Gasteiger partial charge in [-0.2, -0.15) is 0 Å². The highest BCUT2D eigenvalue weighted by molar-refractivity contribution is 5.87. The minimum Gasteiger partial charge on any atom is -0.409 e. The van der Waals surface area contributed by atoms with Gasteiger partial charge in [0, 0.05) is 26.0 Å². The maximum atomic E-state index is 8.91. The van der Waals surface area contributed by atoms with Gasteiger partial charge in [0.1, 0.15) is 11.7 Å². The number of amidine groups is 1. The maximum Gasteiger partial charge on any atom is 0.147 e. The highest BCUT2D eigenvalue weighted by atomic mass is 16.4. The molecule has 0 bridgehead atoms. The van der Waals surface area contributed by atoms with Crippen molar-refractivity contribution in [3.63, 3.8) is 0 Å². The zero-order chi connectivity index (χ0) is 14.4. The van der Waals surface area contributed by atoms with Crippen molar-refractivity contribution >= 4 is 5.84 Å². The Hall–Kier alpha value is -2.34. The van der Waals surface area contributed by atoms with Crippen LogP contribution in [0.15, 0.2) is 47.9 Å². The van der Waals surface area contributed by atoms with Gasteiger partial charge in [-0.25, -0.2) is 4.98 Å². The summed E-state index contributed by atoms with van der Waals surface area (Å²) in [6, 6.07) is 9.74. The third-order valence-corrected chi connectivity index (χ3v) is 3.23. The minimum atomic E-state index is -0.165. The molecule has 1 unspecified atom stereocenters. The molecule has 6 heteroatoms. The Labute approximate surface area is 117 Å². The van der Waals surface area contributed by atoms with Gasteiger partial charge >= 0.3 is 0 Å². The first-order chi connectivity index (χ1) is 9.72. The minimum absolute atomic E-state index is 0.165. The van der Waals surface area contributed by atoms with Crippen molar-refractivity contribution < 1.29 is 5.21 Å². The molecule has 1 heterocycles. The fourth-order valence-corrected chi connectivity index (χ4v) is 2.04. The molecule has 0 saturated heterocycles. The molecule has 2 aromatic rings. The Morgan fingerprint density at radius 3 is 2.80 bits per heavy atom. The zero-order valence-electron chi connectivity index (χ0n) is 11.4. The number of hydrogen-bond acceptors (Lipinski definition) is 4. The SMILES string of the molecule is Cn1ccnc1CNCC(C(N)=NO)c1ccccc1. The van der Waals surface area contributed by atoms with Crippen molar-refractivity contribution in [2.45, 2.75) is 12.5 Å². The molecule has 1 atom stereocenters. The lowest BCUT2D eigenvalue weighted by molar-refractivity contribution is 0.315. The fourth-order valence-electron chi connectivity index (χ4n) is 2.04. The van der Waals surface area contributed by atoms with Gasteiger partial charge in [0.05, 0.1) is 12.5 Å². The van der Waals surface area contributed by atoms with Crippen LogP contribution in [0.3, 0.4) is 0 Å². The van der Waals surface area contributed by atoms with Crippen LogP contribution in [0.5, 0.6) is 0 Å². The number of aromatic nitrogens is 2. The molecule has 0 saturated carbocycles. The number of benzene rings is 1. The van der Waals surface area contributed by atoms with Gasteiger partial charge in [-0.15, -0.1) is 0 Å². The zero-order valence-corrected chi connectivity index (χ0v) is 11.4. The molecule has 0 spiro atoms. The third kappa shape index (κ3) is 3.36. The van der Waals surface area contributed by atoms with Crippen molar-refractivity contribution in [3.8, 4) is 0 Å². The second kappa shape index (κ2) is 6.72. The monoisotopic (exact) mass is 273 g/mol. The Balaban J connectivity index is 2.01. The summed E-state index contributed by atoms with van der Waals surface area (Å²) in [5, 5.41) is 15.3. The lowest BCUT2D eigenvalue weighted by Crippen LogP contribution is -2.31. The van der Waals surface area contributed by atoms with Crippen LogP contribution in [0.4, 0.5) is 0 Å². The quantitative estimate of drug-likeness (QED) is 0.317. The number of imidazole rings is 1. The number of oxime groups is 1. The average molecular weight is 273 g/mol. The molecular weight excluding hydrogens is 254 g/mol. The molecule has 106 valence electrons. The van der Waals surface area contributed by atoms with E-state index in [0.29, 0.717) is 13.1 Å². The van der Waals surface area contributed by atoms with Gasteiger partial charge in [-0.05, 0) is 5.56 Å². The van der Waals surface area contributed by atoms with Gasteiger partial charge < -0.3 is 20.8 Å². The first kappa shape index (κ1) is 14.1. The summed E-state index contributed by atoms with van der Waals surface area (Å²) in [6.45, 7) is 1.21. The average Bonchev–Trinajstić information content (AvgIpc) is 2.89. The van der Waals surface area contributed by atoms with Gasteiger partial charge in [0.25, 0.3) is 0 Å². The number of nitrogens with two attached hydrogens (primary N) is 1. The second-order valence-corrected chi connectivity index (χ2v) is 4.57. The number of hydrogen-bond donors (Lipinski definition) is 3. The second-order valence-electron chi connectivity index (χ2n) is 4.57. The van der Waals surface area contributed by atoms with Crippen LogP contribution in [0, 0.1) is 0 Å². The molecule has 0 amide bonds. The number of nitrogens with zero attached hydrogens (tertiary/aromatic N) is 3. The van der Waals surface area contributed by atoms with E-state index in [1.165, 1.54) is 0 Å². The standard InChI is InChI=1S/C14H19N5O/c1-19-8-7-17-13(19)10-16-9-12(14(15)18-20)11-5-3-2-4-6-11/h2-8,12,16,20H,9-10H2,1H3,(H2,15,18). The Bertz CT molecular complexity index is 564. The molecule has 6 nitrogen and oxygen atoms in total. The van der Waals surface area contributed by atoms with Crippen LogP contribution in [-0.2, 0) is 13.6 Å². The molecule has 20 heavy (non-hydrogen) atoms. The van der Waals surface area contributed by atoms with Crippen LogP contribution in [0.1, 0.15) is 17.3 Å². The summed E-state index contributed by atoms with van der Waals surface area (Å²) in [5.41, 5.74) is 6.79. The van der Waals surface area contributed by atoms with Crippen molar-refractivity contribution in [2.75, 3.05) is 6.54 Å². The molecule has 0 aliphatic heterocycles. The molecule has 1 aromatic carbocycles. The predicted molar refractivity (Wildman–Crippen MR) is 77.5 cm³/mol. The van der Waals surface area contributed by atoms with Crippen LogP contribution < -0.4 is 11.1 Å². The molecule has 0 aliphatic rings. The lowest BCUT2D eigenvalue weighted by atomic mass is 9.98. The topological polar surface area (TPSA) is 88.5 Å². The molecule has 2 rings (SSSR count). The van der Waals surface area contributed by atoms with E-state index in [-0.39, 0.29) is 11.8 Å².